The predicted molar refractivity (Wildman–Crippen MR) is 91.1 cm³/mol. The highest BCUT2D eigenvalue weighted by Gasteiger charge is 2.14. The van der Waals surface area contributed by atoms with E-state index in [2.05, 4.69) is 22.3 Å². The van der Waals surface area contributed by atoms with Gasteiger partial charge < -0.3 is 4.57 Å². The number of hydrogen-bond donors (Lipinski definition) is 0. The zero-order valence-electron chi connectivity index (χ0n) is 13.0. The van der Waals surface area contributed by atoms with Crippen LogP contribution in [0.5, 0.6) is 0 Å². The van der Waals surface area contributed by atoms with Crippen LogP contribution in [-0.4, -0.2) is 14.8 Å². The van der Waals surface area contributed by atoms with E-state index in [0.29, 0.717) is 22.8 Å². The second-order valence-electron chi connectivity index (χ2n) is 5.18. The topological polar surface area (TPSA) is 78.3 Å². The van der Waals surface area contributed by atoms with Gasteiger partial charge in [-0.2, -0.15) is 10.5 Å². The zero-order valence-corrected chi connectivity index (χ0v) is 13.0. The lowest BCUT2D eigenvalue weighted by molar-refractivity contribution is 0.901. The molecule has 0 aliphatic carbocycles. The Hall–Kier alpha value is -3.70. The largest absolute Gasteiger partial charge is 0.310 e. The van der Waals surface area contributed by atoms with Gasteiger partial charge in [-0.1, -0.05) is 42.5 Å². The summed E-state index contributed by atoms with van der Waals surface area (Å²) in [5.74, 6) is 1.18. The summed E-state index contributed by atoms with van der Waals surface area (Å²) in [7, 11) is 1.83. The van der Waals surface area contributed by atoms with Crippen molar-refractivity contribution in [2.45, 2.75) is 0 Å². The molecule has 0 amide bonds. The zero-order chi connectivity index (χ0) is 16.9. The average molecular weight is 311 g/mol. The third-order valence-electron chi connectivity index (χ3n) is 3.59. The summed E-state index contributed by atoms with van der Waals surface area (Å²) in [6.07, 6.45) is 1.71. The van der Waals surface area contributed by atoms with Gasteiger partial charge in [-0.25, -0.2) is 0 Å². The summed E-state index contributed by atoms with van der Waals surface area (Å²) >= 11 is 0. The van der Waals surface area contributed by atoms with E-state index in [1.54, 1.807) is 28.8 Å². The van der Waals surface area contributed by atoms with E-state index in [-0.39, 0.29) is 0 Å². The number of allylic oxidation sites excluding steroid dienone is 1. The molecule has 1 heterocycles. The van der Waals surface area contributed by atoms with E-state index in [4.69, 9.17) is 5.26 Å². The molecular weight excluding hydrogens is 298 g/mol. The van der Waals surface area contributed by atoms with Crippen LogP contribution < -0.4 is 0 Å². The molecule has 0 N–H and O–H groups in total. The molecular formula is C19H13N5. The summed E-state index contributed by atoms with van der Waals surface area (Å²) in [5, 5.41) is 26.8. The Morgan fingerprint density at radius 1 is 1.04 bits per heavy atom. The molecule has 1 aromatic heterocycles. The normalized spacial score (nSPS) is 10.9. The minimum atomic E-state index is 0.391. The first kappa shape index (κ1) is 15.2. The molecule has 3 rings (SSSR count). The molecule has 0 bridgehead atoms. The van der Waals surface area contributed by atoms with Crippen molar-refractivity contribution in [2.24, 2.45) is 7.05 Å². The van der Waals surface area contributed by atoms with Crippen molar-refractivity contribution in [1.29, 1.82) is 10.5 Å². The fourth-order valence-electron chi connectivity index (χ4n) is 2.41. The second kappa shape index (κ2) is 6.60. The molecule has 5 heteroatoms. The standard InChI is InChI=1S/C19H13N5/c1-24-18(16-8-3-2-4-9-16)22-23-19(24)17(13-21)11-14-6-5-7-15(10-14)12-20/h2-11H,1H3/b17-11-. The van der Waals surface area contributed by atoms with Gasteiger partial charge in [0.05, 0.1) is 17.2 Å². The molecule has 0 fully saturated rings. The highest BCUT2D eigenvalue weighted by atomic mass is 15.3. The summed E-state index contributed by atoms with van der Waals surface area (Å²) in [6.45, 7) is 0. The number of benzene rings is 2. The van der Waals surface area contributed by atoms with Crippen molar-refractivity contribution in [3.05, 3.63) is 71.5 Å². The first-order valence-electron chi connectivity index (χ1n) is 7.30. The van der Waals surface area contributed by atoms with Gasteiger partial charge >= 0.3 is 0 Å². The van der Waals surface area contributed by atoms with Gasteiger partial charge in [0, 0.05) is 12.6 Å². The Kier molecular flexibility index (Phi) is 4.18. The minimum absolute atomic E-state index is 0.391. The van der Waals surface area contributed by atoms with Gasteiger partial charge in [0.25, 0.3) is 0 Å². The number of nitrogens with zero attached hydrogens (tertiary/aromatic N) is 5. The molecule has 0 aliphatic rings. The fraction of sp³-hybridized carbons (Fsp3) is 0.0526. The molecule has 114 valence electrons. The fourth-order valence-corrected chi connectivity index (χ4v) is 2.41. The highest BCUT2D eigenvalue weighted by Crippen LogP contribution is 2.22. The monoisotopic (exact) mass is 311 g/mol. The number of nitriles is 2. The minimum Gasteiger partial charge on any atom is -0.310 e. The molecule has 0 saturated heterocycles. The summed E-state index contributed by atoms with van der Waals surface area (Å²) in [5.41, 5.74) is 2.64. The Balaban J connectivity index is 2.04. The van der Waals surface area contributed by atoms with Gasteiger partial charge in [0.1, 0.15) is 6.07 Å². The second-order valence-corrected chi connectivity index (χ2v) is 5.18. The molecule has 5 nitrogen and oxygen atoms in total. The summed E-state index contributed by atoms with van der Waals surface area (Å²) in [6, 6.07) is 21.0. The molecule has 0 aliphatic heterocycles. The van der Waals surface area contributed by atoms with Crippen LogP contribution in [-0.2, 0) is 7.05 Å². The Labute approximate surface area is 139 Å². The van der Waals surface area contributed by atoms with Crippen LogP contribution >= 0.6 is 0 Å². The van der Waals surface area contributed by atoms with Gasteiger partial charge in [-0.15, -0.1) is 10.2 Å². The smallest absolute Gasteiger partial charge is 0.174 e. The first-order valence-corrected chi connectivity index (χ1v) is 7.30. The van der Waals surface area contributed by atoms with Gasteiger partial charge in [-0.3, -0.25) is 0 Å². The van der Waals surface area contributed by atoms with E-state index in [1.165, 1.54) is 0 Å². The molecule has 2 aromatic carbocycles. The average Bonchev–Trinajstić information content (AvgIpc) is 3.02. The lowest BCUT2D eigenvalue weighted by Crippen LogP contribution is -1.98. The molecule has 0 saturated carbocycles. The van der Waals surface area contributed by atoms with Crippen molar-refractivity contribution >= 4 is 11.6 Å². The summed E-state index contributed by atoms with van der Waals surface area (Å²) < 4.78 is 1.79. The van der Waals surface area contributed by atoms with Crippen LogP contribution in [0.1, 0.15) is 17.0 Å². The van der Waals surface area contributed by atoms with Crippen molar-refractivity contribution < 1.29 is 0 Å². The molecule has 0 unspecified atom stereocenters. The van der Waals surface area contributed by atoms with Crippen molar-refractivity contribution in [1.82, 2.24) is 14.8 Å². The number of aromatic nitrogens is 3. The number of rotatable bonds is 3. The third-order valence-corrected chi connectivity index (χ3v) is 3.59. The van der Waals surface area contributed by atoms with Crippen molar-refractivity contribution in [2.75, 3.05) is 0 Å². The maximum absolute atomic E-state index is 9.51. The Bertz CT molecular complexity index is 985. The maximum atomic E-state index is 9.51. The third kappa shape index (κ3) is 2.92. The molecule has 0 atom stereocenters. The molecule has 0 spiro atoms. The van der Waals surface area contributed by atoms with Crippen LogP contribution in [0, 0.1) is 22.7 Å². The maximum Gasteiger partial charge on any atom is 0.174 e. The van der Waals surface area contributed by atoms with Crippen molar-refractivity contribution in [3.63, 3.8) is 0 Å². The molecule has 24 heavy (non-hydrogen) atoms. The van der Waals surface area contributed by atoms with Crippen LogP contribution in [0.25, 0.3) is 23.0 Å². The van der Waals surface area contributed by atoms with Crippen LogP contribution in [0.2, 0.25) is 0 Å². The highest BCUT2D eigenvalue weighted by molar-refractivity contribution is 5.87. The predicted octanol–water partition coefficient (Wildman–Crippen LogP) is 3.42. The quantitative estimate of drug-likeness (QED) is 0.694. The molecule has 0 radical (unpaired) electrons. The van der Waals surface area contributed by atoms with Gasteiger partial charge in [-0.05, 0) is 23.8 Å². The van der Waals surface area contributed by atoms with Gasteiger partial charge in [0.2, 0.25) is 0 Å². The lowest BCUT2D eigenvalue weighted by Gasteiger charge is -2.03. The van der Waals surface area contributed by atoms with Gasteiger partial charge in [0.15, 0.2) is 11.6 Å². The van der Waals surface area contributed by atoms with E-state index in [1.807, 2.05) is 43.4 Å². The number of hydrogen-bond acceptors (Lipinski definition) is 4. The molecule has 3 aromatic rings. The van der Waals surface area contributed by atoms with E-state index >= 15 is 0 Å². The van der Waals surface area contributed by atoms with Crippen LogP contribution in [0.4, 0.5) is 0 Å². The SMILES string of the molecule is Cn1c(/C(C#N)=C\c2cccc(C#N)c2)nnc1-c1ccccc1. The Morgan fingerprint density at radius 2 is 1.83 bits per heavy atom. The van der Waals surface area contributed by atoms with Crippen LogP contribution in [0.15, 0.2) is 54.6 Å². The van der Waals surface area contributed by atoms with E-state index < -0.39 is 0 Å². The summed E-state index contributed by atoms with van der Waals surface area (Å²) in [4.78, 5) is 0. The van der Waals surface area contributed by atoms with E-state index in [9.17, 15) is 5.26 Å². The van der Waals surface area contributed by atoms with Crippen LogP contribution in [0.3, 0.4) is 0 Å². The van der Waals surface area contributed by atoms with E-state index in [0.717, 1.165) is 11.1 Å². The lowest BCUT2D eigenvalue weighted by atomic mass is 10.1. The first-order chi connectivity index (χ1) is 11.7. The Morgan fingerprint density at radius 3 is 2.54 bits per heavy atom. The van der Waals surface area contributed by atoms with Crippen molar-refractivity contribution in [3.8, 4) is 23.5 Å².